The zero-order chi connectivity index (χ0) is 13.2. The molecule has 2 N–H and O–H groups in total. The lowest BCUT2D eigenvalue weighted by Crippen LogP contribution is -1.86. The van der Waals surface area contributed by atoms with Gasteiger partial charge in [-0.2, -0.15) is 0 Å². The minimum absolute atomic E-state index is 0.828. The second kappa shape index (κ2) is 4.65. The van der Waals surface area contributed by atoms with Gasteiger partial charge in [0.05, 0.1) is 18.1 Å². The van der Waals surface area contributed by atoms with Gasteiger partial charge >= 0.3 is 0 Å². The molecule has 0 radical (unpaired) electrons. The van der Waals surface area contributed by atoms with Crippen molar-refractivity contribution in [3.63, 3.8) is 0 Å². The molecule has 0 fully saturated rings. The summed E-state index contributed by atoms with van der Waals surface area (Å²) in [7, 11) is 3.57. The van der Waals surface area contributed by atoms with E-state index in [1.807, 2.05) is 49.5 Å². The minimum atomic E-state index is 0.828. The summed E-state index contributed by atoms with van der Waals surface area (Å²) in [5.41, 5.74) is 4.05. The van der Waals surface area contributed by atoms with Gasteiger partial charge in [0.15, 0.2) is 0 Å². The summed E-state index contributed by atoms with van der Waals surface area (Å²) in [4.78, 5) is 7.93. The van der Waals surface area contributed by atoms with E-state index >= 15 is 0 Å². The highest BCUT2D eigenvalue weighted by Gasteiger charge is 2.06. The fourth-order valence-electron chi connectivity index (χ4n) is 2.07. The van der Waals surface area contributed by atoms with Gasteiger partial charge in [0, 0.05) is 18.3 Å². The highest BCUT2D eigenvalue weighted by molar-refractivity contribution is 5.82. The number of nitrogens with zero attached hydrogens (tertiary/aromatic N) is 1. The minimum Gasteiger partial charge on any atom is -0.497 e. The molecule has 0 aliphatic heterocycles. The highest BCUT2D eigenvalue weighted by atomic mass is 16.5. The first-order chi connectivity index (χ1) is 9.30. The largest absolute Gasteiger partial charge is 0.497 e. The van der Waals surface area contributed by atoms with Gasteiger partial charge in [-0.05, 0) is 30.3 Å². The van der Waals surface area contributed by atoms with Crippen molar-refractivity contribution in [2.24, 2.45) is 0 Å². The molecule has 0 unspecified atom stereocenters. The first kappa shape index (κ1) is 11.6. The monoisotopic (exact) mass is 253 g/mol. The molecule has 0 aliphatic rings. The maximum atomic E-state index is 5.24. The lowest BCUT2D eigenvalue weighted by Gasteiger charge is -2.01. The number of aromatic amines is 1. The Morgan fingerprint density at radius 1 is 1.16 bits per heavy atom. The molecule has 96 valence electrons. The van der Waals surface area contributed by atoms with Crippen molar-refractivity contribution in [1.29, 1.82) is 0 Å². The molecule has 3 aromatic rings. The molecule has 3 rings (SSSR count). The fraction of sp³-hybridized carbons (Fsp3) is 0.133. The molecule has 0 spiro atoms. The number of H-pyrrole nitrogens is 1. The number of ether oxygens (including phenoxy) is 1. The van der Waals surface area contributed by atoms with E-state index in [0.29, 0.717) is 0 Å². The van der Waals surface area contributed by atoms with Crippen molar-refractivity contribution in [1.82, 2.24) is 9.97 Å². The standard InChI is InChI=1S/C15H15N3O/c1-16-11-6-7-13-14(9-11)18-15(17-13)10-4-3-5-12(8-10)19-2/h3-9,16H,1-2H3,(H,17,18). The molecule has 1 heterocycles. The fourth-order valence-corrected chi connectivity index (χ4v) is 2.07. The topological polar surface area (TPSA) is 49.9 Å². The summed E-state index contributed by atoms with van der Waals surface area (Å²) in [6.45, 7) is 0. The molecule has 19 heavy (non-hydrogen) atoms. The van der Waals surface area contributed by atoms with Crippen molar-refractivity contribution in [2.75, 3.05) is 19.5 Å². The molecule has 2 aromatic carbocycles. The number of rotatable bonds is 3. The summed E-state index contributed by atoms with van der Waals surface area (Å²) >= 11 is 0. The van der Waals surface area contributed by atoms with E-state index in [2.05, 4.69) is 15.3 Å². The van der Waals surface area contributed by atoms with Gasteiger partial charge in [0.2, 0.25) is 0 Å². The maximum Gasteiger partial charge on any atom is 0.138 e. The molecule has 0 amide bonds. The molecule has 0 saturated heterocycles. The van der Waals surface area contributed by atoms with E-state index in [1.165, 1.54) is 0 Å². The van der Waals surface area contributed by atoms with Crippen LogP contribution < -0.4 is 10.1 Å². The Morgan fingerprint density at radius 2 is 2.05 bits per heavy atom. The number of nitrogens with one attached hydrogen (secondary N) is 2. The summed E-state index contributed by atoms with van der Waals surface area (Å²) in [5, 5.41) is 3.12. The van der Waals surface area contributed by atoms with Crippen LogP contribution in [0.5, 0.6) is 5.75 Å². The molecule has 0 saturated carbocycles. The summed E-state index contributed by atoms with van der Waals surface area (Å²) in [6, 6.07) is 13.9. The number of methoxy groups -OCH3 is 1. The van der Waals surface area contributed by atoms with Gasteiger partial charge in [-0.1, -0.05) is 12.1 Å². The van der Waals surface area contributed by atoms with Gasteiger partial charge < -0.3 is 15.0 Å². The number of anilines is 1. The molecule has 4 nitrogen and oxygen atoms in total. The quantitative estimate of drug-likeness (QED) is 0.753. The number of hydrogen-bond acceptors (Lipinski definition) is 3. The van der Waals surface area contributed by atoms with Gasteiger partial charge in [-0.25, -0.2) is 4.98 Å². The van der Waals surface area contributed by atoms with E-state index in [1.54, 1.807) is 7.11 Å². The molecule has 1 aromatic heterocycles. The normalized spacial score (nSPS) is 10.6. The van der Waals surface area contributed by atoms with Crippen LogP contribution in [0.2, 0.25) is 0 Å². The van der Waals surface area contributed by atoms with Gasteiger partial charge in [0.1, 0.15) is 11.6 Å². The van der Waals surface area contributed by atoms with Crippen LogP contribution in [0.3, 0.4) is 0 Å². The number of aromatic nitrogens is 2. The maximum absolute atomic E-state index is 5.24. The van der Waals surface area contributed by atoms with Crippen molar-refractivity contribution in [3.8, 4) is 17.1 Å². The van der Waals surface area contributed by atoms with Crippen LogP contribution >= 0.6 is 0 Å². The molecule has 4 heteroatoms. The number of hydrogen-bond donors (Lipinski definition) is 2. The Kier molecular flexibility index (Phi) is 2.83. The number of benzene rings is 2. The first-order valence-corrected chi connectivity index (χ1v) is 6.12. The molecule has 0 atom stereocenters. The molecule has 0 aliphatic carbocycles. The van der Waals surface area contributed by atoms with Crippen LogP contribution in [0.15, 0.2) is 42.5 Å². The van der Waals surface area contributed by atoms with Crippen molar-refractivity contribution < 1.29 is 4.74 Å². The van der Waals surface area contributed by atoms with Crippen molar-refractivity contribution in [3.05, 3.63) is 42.5 Å². The SMILES string of the molecule is CNc1ccc2nc(-c3cccc(OC)c3)[nH]c2c1. The lowest BCUT2D eigenvalue weighted by atomic mass is 10.2. The second-order valence-corrected chi connectivity index (χ2v) is 4.30. The van der Waals surface area contributed by atoms with Crippen LogP contribution in [0.4, 0.5) is 5.69 Å². The first-order valence-electron chi connectivity index (χ1n) is 6.12. The van der Waals surface area contributed by atoms with Crippen LogP contribution in [0.25, 0.3) is 22.4 Å². The molecular weight excluding hydrogens is 238 g/mol. The van der Waals surface area contributed by atoms with Gasteiger partial charge in [0.25, 0.3) is 0 Å². The van der Waals surface area contributed by atoms with E-state index in [0.717, 1.165) is 33.9 Å². The van der Waals surface area contributed by atoms with Crippen LogP contribution in [-0.4, -0.2) is 24.1 Å². The number of imidazole rings is 1. The third-order valence-corrected chi connectivity index (χ3v) is 3.11. The third kappa shape index (κ3) is 2.12. The Balaban J connectivity index is 2.09. The summed E-state index contributed by atoms with van der Waals surface area (Å²) < 4.78 is 5.24. The lowest BCUT2D eigenvalue weighted by molar-refractivity contribution is 0.415. The van der Waals surface area contributed by atoms with Crippen LogP contribution in [0, 0.1) is 0 Å². The average Bonchev–Trinajstić information content (AvgIpc) is 2.90. The summed E-state index contributed by atoms with van der Waals surface area (Å²) in [5.74, 6) is 1.68. The van der Waals surface area contributed by atoms with E-state index in [4.69, 9.17) is 4.74 Å². The predicted molar refractivity (Wildman–Crippen MR) is 77.6 cm³/mol. The van der Waals surface area contributed by atoms with E-state index < -0.39 is 0 Å². The Bertz CT molecular complexity index is 718. The average molecular weight is 253 g/mol. The zero-order valence-electron chi connectivity index (χ0n) is 10.9. The smallest absolute Gasteiger partial charge is 0.138 e. The number of fused-ring (bicyclic) bond motifs is 1. The Hall–Kier alpha value is -2.49. The predicted octanol–water partition coefficient (Wildman–Crippen LogP) is 3.28. The van der Waals surface area contributed by atoms with Crippen LogP contribution in [0.1, 0.15) is 0 Å². The van der Waals surface area contributed by atoms with Gasteiger partial charge in [-0.3, -0.25) is 0 Å². The van der Waals surface area contributed by atoms with Crippen molar-refractivity contribution in [2.45, 2.75) is 0 Å². The van der Waals surface area contributed by atoms with E-state index in [-0.39, 0.29) is 0 Å². The molecular formula is C15H15N3O. The molecule has 0 bridgehead atoms. The zero-order valence-corrected chi connectivity index (χ0v) is 10.9. The Labute approximate surface area is 111 Å². The van der Waals surface area contributed by atoms with Crippen molar-refractivity contribution >= 4 is 16.7 Å². The third-order valence-electron chi connectivity index (χ3n) is 3.11. The second-order valence-electron chi connectivity index (χ2n) is 4.30. The van der Waals surface area contributed by atoms with E-state index in [9.17, 15) is 0 Å². The highest BCUT2D eigenvalue weighted by Crippen LogP contribution is 2.25. The van der Waals surface area contributed by atoms with Gasteiger partial charge in [-0.15, -0.1) is 0 Å². The summed E-state index contributed by atoms with van der Waals surface area (Å²) in [6.07, 6.45) is 0. The Morgan fingerprint density at radius 3 is 2.84 bits per heavy atom. The van der Waals surface area contributed by atoms with Crippen LogP contribution in [-0.2, 0) is 0 Å².